The molecule has 0 radical (unpaired) electrons. The molecule has 17 heavy (non-hydrogen) atoms. The highest BCUT2D eigenvalue weighted by atomic mass is 16.1. The number of rotatable bonds is 4. The standard InChI is InChI=1S/C14H20N2O/c1-11-4-6-13(10-16-11)14(17)7-5-12-3-2-8-15-9-12/h4,6,10,12,15H,2-3,5,7-9H2,1H3. The van der Waals surface area contributed by atoms with Crippen LogP contribution >= 0.6 is 0 Å². The maximum atomic E-state index is 11.9. The second-order valence-electron chi connectivity index (χ2n) is 4.86. The molecular formula is C14H20N2O. The number of Topliss-reactive ketones (excluding diaryl/α,β-unsaturated/α-hetero) is 1. The summed E-state index contributed by atoms with van der Waals surface area (Å²) in [5, 5.41) is 3.38. The van der Waals surface area contributed by atoms with Gasteiger partial charge in [0.05, 0.1) is 0 Å². The Morgan fingerprint density at radius 1 is 1.53 bits per heavy atom. The zero-order valence-electron chi connectivity index (χ0n) is 10.4. The van der Waals surface area contributed by atoms with Crippen LogP contribution in [0, 0.1) is 12.8 Å². The van der Waals surface area contributed by atoms with E-state index in [1.807, 2.05) is 19.1 Å². The Kier molecular flexibility index (Phi) is 4.26. The van der Waals surface area contributed by atoms with E-state index in [1.165, 1.54) is 12.8 Å². The Balaban J connectivity index is 1.82. The Morgan fingerprint density at radius 2 is 2.41 bits per heavy atom. The number of pyridine rings is 1. The zero-order valence-corrected chi connectivity index (χ0v) is 10.4. The highest BCUT2D eigenvalue weighted by molar-refractivity contribution is 5.95. The molecule has 0 amide bonds. The lowest BCUT2D eigenvalue weighted by Gasteiger charge is -2.22. The van der Waals surface area contributed by atoms with Crippen LogP contribution < -0.4 is 5.32 Å². The number of piperidine rings is 1. The van der Waals surface area contributed by atoms with Crippen LogP contribution in [0.4, 0.5) is 0 Å². The first-order valence-corrected chi connectivity index (χ1v) is 6.42. The number of carbonyl (C=O) groups is 1. The smallest absolute Gasteiger partial charge is 0.164 e. The highest BCUT2D eigenvalue weighted by Gasteiger charge is 2.15. The van der Waals surface area contributed by atoms with E-state index in [0.717, 1.165) is 30.8 Å². The first-order chi connectivity index (χ1) is 8.25. The molecule has 2 heterocycles. The first kappa shape index (κ1) is 12.2. The number of hydrogen-bond acceptors (Lipinski definition) is 3. The third-order valence-corrected chi connectivity index (χ3v) is 3.41. The van der Waals surface area contributed by atoms with Crippen molar-refractivity contribution in [3.8, 4) is 0 Å². The number of aromatic nitrogens is 1. The van der Waals surface area contributed by atoms with E-state index < -0.39 is 0 Å². The van der Waals surface area contributed by atoms with Gasteiger partial charge in [0.25, 0.3) is 0 Å². The Bertz CT molecular complexity index is 366. The molecule has 1 aromatic heterocycles. The average molecular weight is 232 g/mol. The summed E-state index contributed by atoms with van der Waals surface area (Å²) in [5.41, 5.74) is 1.71. The van der Waals surface area contributed by atoms with Crippen molar-refractivity contribution in [2.75, 3.05) is 13.1 Å². The summed E-state index contributed by atoms with van der Waals surface area (Å²) < 4.78 is 0. The lowest BCUT2D eigenvalue weighted by Crippen LogP contribution is -2.30. The summed E-state index contributed by atoms with van der Waals surface area (Å²) in [5.74, 6) is 0.897. The largest absolute Gasteiger partial charge is 0.316 e. The van der Waals surface area contributed by atoms with Gasteiger partial charge in [-0.3, -0.25) is 9.78 Å². The van der Waals surface area contributed by atoms with Gasteiger partial charge in [0.15, 0.2) is 5.78 Å². The quantitative estimate of drug-likeness (QED) is 0.810. The predicted molar refractivity (Wildman–Crippen MR) is 68.1 cm³/mol. The molecule has 0 aromatic carbocycles. The first-order valence-electron chi connectivity index (χ1n) is 6.42. The van der Waals surface area contributed by atoms with Gasteiger partial charge >= 0.3 is 0 Å². The summed E-state index contributed by atoms with van der Waals surface area (Å²) in [6.45, 7) is 4.13. The molecule has 1 atom stereocenters. The monoisotopic (exact) mass is 232 g/mol. The molecule has 0 spiro atoms. The van der Waals surface area contributed by atoms with Gasteiger partial charge < -0.3 is 5.32 Å². The van der Waals surface area contributed by atoms with E-state index in [4.69, 9.17) is 0 Å². The van der Waals surface area contributed by atoms with Crippen molar-refractivity contribution in [1.29, 1.82) is 0 Å². The van der Waals surface area contributed by atoms with Crippen LogP contribution in [0.2, 0.25) is 0 Å². The van der Waals surface area contributed by atoms with Crippen molar-refractivity contribution in [3.05, 3.63) is 29.6 Å². The van der Waals surface area contributed by atoms with Crippen LogP contribution in [-0.2, 0) is 0 Å². The molecule has 1 aromatic rings. The lowest BCUT2D eigenvalue weighted by atomic mass is 9.93. The van der Waals surface area contributed by atoms with E-state index in [0.29, 0.717) is 12.3 Å². The van der Waals surface area contributed by atoms with Crippen molar-refractivity contribution in [2.45, 2.75) is 32.6 Å². The van der Waals surface area contributed by atoms with Crippen LogP contribution in [0.3, 0.4) is 0 Å². The summed E-state index contributed by atoms with van der Waals surface area (Å²) in [6, 6.07) is 3.78. The summed E-state index contributed by atoms with van der Waals surface area (Å²) in [7, 11) is 0. The minimum Gasteiger partial charge on any atom is -0.316 e. The molecule has 92 valence electrons. The number of hydrogen-bond donors (Lipinski definition) is 1. The fourth-order valence-electron chi connectivity index (χ4n) is 2.28. The summed E-state index contributed by atoms with van der Waals surface area (Å²) in [4.78, 5) is 16.1. The fraction of sp³-hybridized carbons (Fsp3) is 0.571. The Labute approximate surface area is 103 Å². The Morgan fingerprint density at radius 3 is 3.06 bits per heavy atom. The van der Waals surface area contributed by atoms with Gasteiger partial charge in [-0.2, -0.15) is 0 Å². The molecule has 0 saturated carbocycles. The van der Waals surface area contributed by atoms with E-state index in [9.17, 15) is 4.79 Å². The van der Waals surface area contributed by atoms with Crippen molar-refractivity contribution in [3.63, 3.8) is 0 Å². The minimum absolute atomic E-state index is 0.225. The van der Waals surface area contributed by atoms with Gasteiger partial charge in [0.2, 0.25) is 0 Å². The maximum absolute atomic E-state index is 11.9. The van der Waals surface area contributed by atoms with E-state index in [1.54, 1.807) is 6.20 Å². The third kappa shape index (κ3) is 3.63. The lowest BCUT2D eigenvalue weighted by molar-refractivity contribution is 0.0971. The molecule has 1 aliphatic rings. The van der Waals surface area contributed by atoms with Gasteiger partial charge in [-0.1, -0.05) is 0 Å². The molecule has 1 fully saturated rings. The van der Waals surface area contributed by atoms with Crippen molar-refractivity contribution in [2.24, 2.45) is 5.92 Å². The van der Waals surface area contributed by atoms with Gasteiger partial charge in [-0.25, -0.2) is 0 Å². The molecule has 3 heteroatoms. The molecule has 3 nitrogen and oxygen atoms in total. The second kappa shape index (κ2) is 5.92. The number of aryl methyl sites for hydroxylation is 1. The van der Waals surface area contributed by atoms with Gasteiger partial charge in [0, 0.05) is 23.9 Å². The normalized spacial score (nSPS) is 20.2. The van der Waals surface area contributed by atoms with E-state index in [2.05, 4.69) is 10.3 Å². The maximum Gasteiger partial charge on any atom is 0.164 e. The molecular weight excluding hydrogens is 212 g/mol. The molecule has 1 aliphatic heterocycles. The molecule has 1 N–H and O–H groups in total. The molecule has 0 aliphatic carbocycles. The van der Waals surface area contributed by atoms with Gasteiger partial charge in [-0.15, -0.1) is 0 Å². The number of nitrogens with one attached hydrogen (secondary N) is 1. The van der Waals surface area contributed by atoms with Gasteiger partial charge in [-0.05, 0) is 57.3 Å². The van der Waals surface area contributed by atoms with Crippen LogP contribution in [0.5, 0.6) is 0 Å². The summed E-state index contributed by atoms with van der Waals surface area (Å²) in [6.07, 6.45) is 5.84. The molecule has 1 saturated heterocycles. The van der Waals surface area contributed by atoms with Crippen LogP contribution in [-0.4, -0.2) is 23.9 Å². The zero-order chi connectivity index (χ0) is 12.1. The average Bonchev–Trinajstić information content (AvgIpc) is 2.38. The Hall–Kier alpha value is -1.22. The minimum atomic E-state index is 0.225. The summed E-state index contributed by atoms with van der Waals surface area (Å²) >= 11 is 0. The highest BCUT2D eigenvalue weighted by Crippen LogP contribution is 2.17. The van der Waals surface area contributed by atoms with Crippen LogP contribution in [0.15, 0.2) is 18.3 Å². The number of ketones is 1. The van der Waals surface area contributed by atoms with Crippen molar-refractivity contribution >= 4 is 5.78 Å². The molecule has 0 bridgehead atoms. The molecule has 1 unspecified atom stereocenters. The van der Waals surface area contributed by atoms with Gasteiger partial charge in [0.1, 0.15) is 0 Å². The van der Waals surface area contributed by atoms with E-state index >= 15 is 0 Å². The number of nitrogens with zero attached hydrogens (tertiary/aromatic N) is 1. The van der Waals surface area contributed by atoms with Crippen LogP contribution in [0.1, 0.15) is 41.7 Å². The SMILES string of the molecule is Cc1ccc(C(=O)CCC2CCCNC2)cn1. The van der Waals surface area contributed by atoms with Crippen LogP contribution in [0.25, 0.3) is 0 Å². The topological polar surface area (TPSA) is 42.0 Å². The van der Waals surface area contributed by atoms with Crippen molar-refractivity contribution < 1.29 is 4.79 Å². The third-order valence-electron chi connectivity index (χ3n) is 3.41. The predicted octanol–water partition coefficient (Wildman–Crippen LogP) is 2.35. The second-order valence-corrected chi connectivity index (χ2v) is 4.86. The van der Waals surface area contributed by atoms with Crippen molar-refractivity contribution in [1.82, 2.24) is 10.3 Å². The van der Waals surface area contributed by atoms with E-state index in [-0.39, 0.29) is 5.78 Å². The number of carbonyl (C=O) groups excluding carboxylic acids is 1. The fourth-order valence-corrected chi connectivity index (χ4v) is 2.28. The molecule has 2 rings (SSSR count).